The highest BCUT2D eigenvalue weighted by molar-refractivity contribution is 7.19. The molecular weight excluding hydrogens is 344 g/mol. The number of hydrogen-bond donors (Lipinski definition) is 0. The average molecular weight is 364 g/mol. The van der Waals surface area contributed by atoms with Gasteiger partial charge in [-0.15, -0.1) is 11.3 Å². The predicted octanol–water partition coefficient (Wildman–Crippen LogP) is 5.55. The fourth-order valence-corrected chi connectivity index (χ4v) is 3.49. The fourth-order valence-electron chi connectivity index (χ4n) is 2.56. The lowest BCUT2D eigenvalue weighted by Crippen LogP contribution is -2.01. The molecule has 3 aromatic rings. The summed E-state index contributed by atoms with van der Waals surface area (Å²) in [6.07, 6.45) is 2.72. The van der Waals surface area contributed by atoms with Gasteiger partial charge in [-0.2, -0.15) is 5.26 Å². The largest absolute Gasteiger partial charge is 0.490 e. The van der Waals surface area contributed by atoms with Crippen molar-refractivity contribution in [3.8, 4) is 17.6 Å². The van der Waals surface area contributed by atoms with Gasteiger partial charge in [0.25, 0.3) is 0 Å². The highest BCUT2D eigenvalue weighted by Gasteiger charge is 2.13. The quantitative estimate of drug-likeness (QED) is 0.516. The molecule has 0 aliphatic rings. The van der Waals surface area contributed by atoms with Gasteiger partial charge in [-0.05, 0) is 37.6 Å². The summed E-state index contributed by atoms with van der Waals surface area (Å²) in [5, 5.41) is 10.4. The number of rotatable bonds is 7. The second-order valence-corrected chi connectivity index (χ2v) is 6.64. The second kappa shape index (κ2) is 8.50. The van der Waals surface area contributed by atoms with Gasteiger partial charge < -0.3 is 9.47 Å². The summed E-state index contributed by atoms with van der Waals surface area (Å²) >= 11 is 1.51. The van der Waals surface area contributed by atoms with E-state index in [9.17, 15) is 5.26 Å². The molecule has 2 aromatic carbocycles. The minimum absolute atomic E-state index is 0.515. The Kier molecular flexibility index (Phi) is 5.88. The number of para-hydroxylation sites is 2. The number of nitrogens with zero attached hydrogens (tertiary/aromatic N) is 2. The first-order valence-corrected chi connectivity index (χ1v) is 9.44. The van der Waals surface area contributed by atoms with E-state index in [1.165, 1.54) is 11.3 Å². The van der Waals surface area contributed by atoms with Gasteiger partial charge in [0.2, 0.25) is 0 Å². The maximum Gasteiger partial charge on any atom is 0.168 e. The van der Waals surface area contributed by atoms with E-state index in [0.29, 0.717) is 35.3 Å². The van der Waals surface area contributed by atoms with Gasteiger partial charge in [0, 0.05) is 5.56 Å². The van der Waals surface area contributed by atoms with Crippen LogP contribution in [0.4, 0.5) is 0 Å². The Morgan fingerprint density at radius 1 is 1.15 bits per heavy atom. The molecule has 0 saturated heterocycles. The number of fused-ring (bicyclic) bond motifs is 1. The minimum atomic E-state index is 0.515. The summed E-state index contributed by atoms with van der Waals surface area (Å²) in [6, 6.07) is 15.9. The highest BCUT2D eigenvalue weighted by Crippen LogP contribution is 2.35. The van der Waals surface area contributed by atoms with Gasteiger partial charge in [-0.3, -0.25) is 0 Å². The van der Waals surface area contributed by atoms with Crippen LogP contribution in [0.1, 0.15) is 30.8 Å². The van der Waals surface area contributed by atoms with E-state index in [2.05, 4.69) is 18.0 Å². The first kappa shape index (κ1) is 18.0. The van der Waals surface area contributed by atoms with Gasteiger partial charge in [0.1, 0.15) is 11.1 Å². The molecular formula is C21H20N2O2S. The Morgan fingerprint density at radius 3 is 2.73 bits per heavy atom. The predicted molar refractivity (Wildman–Crippen MR) is 107 cm³/mol. The van der Waals surface area contributed by atoms with Crippen molar-refractivity contribution in [2.24, 2.45) is 0 Å². The summed E-state index contributed by atoms with van der Waals surface area (Å²) in [6.45, 7) is 5.14. The third-order valence-electron chi connectivity index (χ3n) is 3.70. The van der Waals surface area contributed by atoms with Gasteiger partial charge in [-0.25, -0.2) is 4.98 Å². The zero-order chi connectivity index (χ0) is 18.4. The maximum atomic E-state index is 9.68. The van der Waals surface area contributed by atoms with E-state index >= 15 is 0 Å². The first-order valence-electron chi connectivity index (χ1n) is 8.63. The smallest absolute Gasteiger partial charge is 0.168 e. The Bertz CT molecular complexity index is 937. The Balaban J connectivity index is 2.05. The second-order valence-electron chi connectivity index (χ2n) is 5.61. The Morgan fingerprint density at radius 2 is 2.00 bits per heavy atom. The number of ether oxygens (including phenoxy) is 2. The standard InChI is InChI=1S/C21H20N2O2S/c1-3-12-25-20-15(8-7-10-18(20)24-4-2)13-16(14-22)21-23-17-9-5-6-11-19(17)26-21/h5-11,13H,3-4,12H2,1-2H3. The number of thiazole rings is 1. The molecule has 0 spiro atoms. The number of allylic oxidation sites excluding steroid dienone is 1. The molecule has 0 fully saturated rings. The number of benzene rings is 2. The van der Waals surface area contributed by atoms with Gasteiger partial charge in [0.15, 0.2) is 11.5 Å². The lowest BCUT2D eigenvalue weighted by Gasteiger charge is -2.14. The van der Waals surface area contributed by atoms with Crippen LogP contribution in [0.2, 0.25) is 0 Å². The van der Waals surface area contributed by atoms with Crippen LogP contribution < -0.4 is 9.47 Å². The molecule has 132 valence electrons. The third-order valence-corrected chi connectivity index (χ3v) is 4.77. The zero-order valence-electron chi connectivity index (χ0n) is 14.9. The van der Waals surface area contributed by atoms with Crippen molar-refractivity contribution in [2.45, 2.75) is 20.3 Å². The first-order chi connectivity index (χ1) is 12.8. The topological polar surface area (TPSA) is 55.1 Å². The van der Waals surface area contributed by atoms with E-state index in [1.807, 2.05) is 55.5 Å². The minimum Gasteiger partial charge on any atom is -0.490 e. The van der Waals surface area contributed by atoms with Crippen molar-refractivity contribution in [1.82, 2.24) is 4.98 Å². The lowest BCUT2D eigenvalue weighted by molar-refractivity contribution is 0.276. The molecule has 0 saturated carbocycles. The zero-order valence-corrected chi connectivity index (χ0v) is 15.7. The van der Waals surface area contributed by atoms with Crippen molar-refractivity contribution in [1.29, 1.82) is 5.26 Å². The van der Waals surface area contributed by atoms with Crippen molar-refractivity contribution in [3.63, 3.8) is 0 Å². The summed E-state index contributed by atoms with van der Waals surface area (Å²) in [5.41, 5.74) is 2.24. The molecule has 1 aromatic heterocycles. The van der Waals surface area contributed by atoms with E-state index in [0.717, 1.165) is 22.2 Å². The summed E-state index contributed by atoms with van der Waals surface area (Å²) in [4.78, 5) is 4.59. The van der Waals surface area contributed by atoms with Crippen LogP contribution in [0.3, 0.4) is 0 Å². The Hall–Kier alpha value is -2.84. The number of aromatic nitrogens is 1. The molecule has 4 nitrogen and oxygen atoms in total. The molecule has 0 bridgehead atoms. The molecule has 0 atom stereocenters. The lowest BCUT2D eigenvalue weighted by atomic mass is 10.1. The van der Waals surface area contributed by atoms with Crippen LogP contribution in [-0.2, 0) is 0 Å². The molecule has 0 N–H and O–H groups in total. The van der Waals surface area contributed by atoms with Crippen molar-refractivity contribution < 1.29 is 9.47 Å². The van der Waals surface area contributed by atoms with E-state index in [1.54, 1.807) is 0 Å². The molecule has 0 unspecified atom stereocenters. The van der Waals surface area contributed by atoms with Crippen molar-refractivity contribution >= 4 is 33.2 Å². The molecule has 1 heterocycles. The average Bonchev–Trinajstić information content (AvgIpc) is 3.09. The molecule has 3 rings (SSSR count). The van der Waals surface area contributed by atoms with E-state index < -0.39 is 0 Å². The summed E-state index contributed by atoms with van der Waals surface area (Å²) in [7, 11) is 0. The molecule has 0 aliphatic heterocycles. The molecule has 0 radical (unpaired) electrons. The molecule has 0 aliphatic carbocycles. The van der Waals surface area contributed by atoms with Gasteiger partial charge in [-0.1, -0.05) is 31.2 Å². The van der Waals surface area contributed by atoms with Crippen molar-refractivity contribution in [2.75, 3.05) is 13.2 Å². The molecule has 5 heteroatoms. The maximum absolute atomic E-state index is 9.68. The van der Waals surface area contributed by atoms with Crippen LogP contribution in [0.15, 0.2) is 42.5 Å². The van der Waals surface area contributed by atoms with Crippen LogP contribution in [0.25, 0.3) is 21.9 Å². The molecule has 0 amide bonds. The van der Waals surface area contributed by atoms with E-state index in [-0.39, 0.29) is 0 Å². The fraction of sp³-hybridized carbons (Fsp3) is 0.238. The van der Waals surface area contributed by atoms with Crippen LogP contribution >= 0.6 is 11.3 Å². The Labute approximate surface area is 157 Å². The SMILES string of the molecule is CCCOc1c(C=C(C#N)c2nc3ccccc3s2)cccc1OCC. The van der Waals surface area contributed by atoms with Gasteiger partial charge in [0.05, 0.1) is 29.0 Å². The normalized spacial score (nSPS) is 11.3. The number of hydrogen-bond acceptors (Lipinski definition) is 5. The van der Waals surface area contributed by atoms with Crippen LogP contribution in [0.5, 0.6) is 11.5 Å². The van der Waals surface area contributed by atoms with Gasteiger partial charge >= 0.3 is 0 Å². The van der Waals surface area contributed by atoms with E-state index in [4.69, 9.17) is 9.47 Å². The number of nitriles is 1. The van der Waals surface area contributed by atoms with Crippen LogP contribution in [-0.4, -0.2) is 18.2 Å². The summed E-state index contributed by atoms with van der Waals surface area (Å²) < 4.78 is 12.7. The van der Waals surface area contributed by atoms with Crippen LogP contribution in [0, 0.1) is 11.3 Å². The summed E-state index contributed by atoms with van der Waals surface area (Å²) in [5.74, 6) is 1.36. The molecule has 26 heavy (non-hydrogen) atoms. The highest BCUT2D eigenvalue weighted by atomic mass is 32.1. The monoisotopic (exact) mass is 364 g/mol. The third kappa shape index (κ3) is 3.87. The van der Waals surface area contributed by atoms with Crippen molar-refractivity contribution in [3.05, 3.63) is 53.0 Å².